The average Bonchev–Trinajstić information content (AvgIpc) is 2.74. The van der Waals surface area contributed by atoms with Gasteiger partial charge in [0.05, 0.1) is 11.8 Å². The van der Waals surface area contributed by atoms with Gasteiger partial charge in [-0.15, -0.1) is 0 Å². The maximum absolute atomic E-state index is 12.3. The van der Waals surface area contributed by atoms with Crippen molar-refractivity contribution >= 4 is 18.1 Å². The van der Waals surface area contributed by atoms with Crippen LogP contribution in [-0.2, 0) is 5.41 Å². The molecular formula is C26H26N2O3. The molecule has 31 heavy (non-hydrogen) atoms. The van der Waals surface area contributed by atoms with Crippen molar-refractivity contribution in [2.45, 2.75) is 33.1 Å². The van der Waals surface area contributed by atoms with Crippen molar-refractivity contribution in [3.05, 3.63) is 101 Å². The topological polar surface area (TPSA) is 67.8 Å². The lowest BCUT2D eigenvalue weighted by atomic mass is 9.87. The number of nitrogens with zero attached hydrogens (tertiary/aromatic N) is 1. The molecule has 1 N–H and O–H groups in total. The van der Waals surface area contributed by atoms with Gasteiger partial charge in [-0.25, -0.2) is 10.2 Å². The van der Waals surface area contributed by atoms with Crippen molar-refractivity contribution < 1.29 is 14.3 Å². The third kappa shape index (κ3) is 5.89. The minimum Gasteiger partial charge on any atom is -0.423 e. The molecule has 0 aliphatic carbocycles. The van der Waals surface area contributed by atoms with Crippen molar-refractivity contribution in [3.63, 3.8) is 0 Å². The molecule has 0 aliphatic heterocycles. The number of hydrogen-bond donors (Lipinski definition) is 1. The van der Waals surface area contributed by atoms with Crippen molar-refractivity contribution in [3.8, 4) is 5.75 Å². The first-order valence-electron chi connectivity index (χ1n) is 10.1. The van der Waals surface area contributed by atoms with E-state index in [1.165, 1.54) is 6.21 Å². The monoisotopic (exact) mass is 414 g/mol. The number of hydrazone groups is 1. The first-order chi connectivity index (χ1) is 14.7. The maximum atomic E-state index is 12.3. The van der Waals surface area contributed by atoms with E-state index < -0.39 is 5.97 Å². The highest BCUT2D eigenvalue weighted by molar-refractivity contribution is 5.95. The van der Waals surface area contributed by atoms with Gasteiger partial charge in [-0.2, -0.15) is 5.10 Å². The van der Waals surface area contributed by atoms with Crippen LogP contribution in [0.1, 0.15) is 58.2 Å². The Morgan fingerprint density at radius 1 is 0.903 bits per heavy atom. The molecule has 3 aromatic rings. The molecule has 0 aromatic heterocycles. The predicted octanol–water partition coefficient (Wildman–Crippen LogP) is 5.28. The normalized spacial score (nSPS) is 11.4. The Kier molecular flexibility index (Phi) is 6.65. The van der Waals surface area contributed by atoms with E-state index in [9.17, 15) is 9.59 Å². The van der Waals surface area contributed by atoms with E-state index in [2.05, 4.69) is 31.3 Å². The third-order valence-electron chi connectivity index (χ3n) is 4.85. The van der Waals surface area contributed by atoms with Crippen LogP contribution < -0.4 is 10.2 Å². The van der Waals surface area contributed by atoms with E-state index >= 15 is 0 Å². The van der Waals surface area contributed by atoms with E-state index in [-0.39, 0.29) is 11.3 Å². The minimum atomic E-state index is -0.399. The first-order valence-corrected chi connectivity index (χ1v) is 10.1. The molecule has 0 fully saturated rings. The summed E-state index contributed by atoms with van der Waals surface area (Å²) in [7, 11) is 0. The summed E-state index contributed by atoms with van der Waals surface area (Å²) in [6, 6.07) is 21.7. The molecule has 0 radical (unpaired) electrons. The molecule has 158 valence electrons. The average molecular weight is 415 g/mol. The minimum absolute atomic E-state index is 0.0353. The molecule has 0 spiro atoms. The summed E-state index contributed by atoms with van der Waals surface area (Å²) in [5, 5.41) is 4.01. The van der Waals surface area contributed by atoms with Gasteiger partial charge in [0.15, 0.2) is 0 Å². The summed E-state index contributed by atoms with van der Waals surface area (Å²) in [5.41, 5.74) is 6.43. The van der Waals surface area contributed by atoms with Gasteiger partial charge in [0.25, 0.3) is 5.91 Å². The highest BCUT2D eigenvalue weighted by Crippen LogP contribution is 2.22. The van der Waals surface area contributed by atoms with Crippen LogP contribution in [0.4, 0.5) is 0 Å². The molecule has 5 heteroatoms. The van der Waals surface area contributed by atoms with Gasteiger partial charge < -0.3 is 4.74 Å². The lowest BCUT2D eigenvalue weighted by Gasteiger charge is -2.18. The SMILES string of the molecule is Cc1ccccc1C(=O)Oc1ccc(/C=N/NC(=O)c2ccc(C(C)(C)C)cc2)cc1. The molecule has 0 bridgehead atoms. The van der Waals surface area contributed by atoms with E-state index in [0.29, 0.717) is 16.9 Å². The molecule has 0 atom stereocenters. The van der Waals surface area contributed by atoms with Crippen LogP contribution in [0, 0.1) is 6.92 Å². The summed E-state index contributed by atoms with van der Waals surface area (Å²) in [6.45, 7) is 8.24. The number of carbonyl (C=O) groups is 2. The molecule has 0 saturated carbocycles. The molecule has 0 aliphatic rings. The van der Waals surface area contributed by atoms with Crippen LogP contribution in [0.2, 0.25) is 0 Å². The molecule has 1 amide bonds. The lowest BCUT2D eigenvalue weighted by molar-refractivity contribution is 0.0733. The summed E-state index contributed by atoms with van der Waals surface area (Å²) < 4.78 is 5.42. The molecule has 0 heterocycles. The van der Waals surface area contributed by atoms with Gasteiger partial charge in [0.2, 0.25) is 0 Å². The molecule has 0 saturated heterocycles. The van der Waals surface area contributed by atoms with Gasteiger partial charge in [0.1, 0.15) is 5.75 Å². The number of hydrogen-bond acceptors (Lipinski definition) is 4. The molecule has 5 nitrogen and oxygen atoms in total. The Morgan fingerprint density at radius 2 is 1.55 bits per heavy atom. The van der Waals surface area contributed by atoms with Gasteiger partial charge in [-0.3, -0.25) is 4.79 Å². The van der Waals surface area contributed by atoms with Gasteiger partial charge in [-0.05, 0) is 71.5 Å². The summed E-state index contributed by atoms with van der Waals surface area (Å²) in [6.07, 6.45) is 1.54. The molecular weight excluding hydrogens is 388 g/mol. The number of aryl methyl sites for hydroxylation is 1. The highest BCUT2D eigenvalue weighted by Gasteiger charge is 2.14. The second-order valence-corrected chi connectivity index (χ2v) is 8.30. The zero-order valence-electron chi connectivity index (χ0n) is 18.2. The predicted molar refractivity (Wildman–Crippen MR) is 123 cm³/mol. The number of rotatable bonds is 5. The van der Waals surface area contributed by atoms with Crippen molar-refractivity contribution in [1.29, 1.82) is 0 Å². The van der Waals surface area contributed by atoms with E-state index in [1.807, 2.05) is 31.2 Å². The number of nitrogens with one attached hydrogen (secondary N) is 1. The van der Waals surface area contributed by atoms with E-state index in [1.54, 1.807) is 48.5 Å². The number of benzene rings is 3. The van der Waals surface area contributed by atoms with Crippen LogP contribution in [0.25, 0.3) is 0 Å². The van der Waals surface area contributed by atoms with Gasteiger partial charge in [0, 0.05) is 5.56 Å². The van der Waals surface area contributed by atoms with Gasteiger partial charge >= 0.3 is 5.97 Å². The fraction of sp³-hybridized carbons (Fsp3) is 0.192. The summed E-state index contributed by atoms with van der Waals surface area (Å²) in [5.74, 6) is -0.238. The quantitative estimate of drug-likeness (QED) is 0.267. The fourth-order valence-corrected chi connectivity index (χ4v) is 2.94. The van der Waals surface area contributed by atoms with E-state index in [0.717, 1.165) is 16.7 Å². The van der Waals surface area contributed by atoms with Crippen LogP contribution in [0.15, 0.2) is 77.9 Å². The zero-order valence-corrected chi connectivity index (χ0v) is 18.2. The Labute approximate surface area is 182 Å². The maximum Gasteiger partial charge on any atom is 0.343 e. The molecule has 3 aromatic carbocycles. The van der Waals surface area contributed by atoms with Crippen LogP contribution >= 0.6 is 0 Å². The molecule has 0 unspecified atom stereocenters. The number of amides is 1. The lowest BCUT2D eigenvalue weighted by Crippen LogP contribution is -2.18. The number of ether oxygens (including phenoxy) is 1. The third-order valence-corrected chi connectivity index (χ3v) is 4.85. The Bertz CT molecular complexity index is 1090. The van der Waals surface area contributed by atoms with Crippen LogP contribution in [0.3, 0.4) is 0 Å². The van der Waals surface area contributed by atoms with Gasteiger partial charge in [-0.1, -0.05) is 51.1 Å². The summed E-state index contributed by atoms with van der Waals surface area (Å²) >= 11 is 0. The summed E-state index contributed by atoms with van der Waals surface area (Å²) in [4.78, 5) is 24.5. The first kappa shape index (κ1) is 22.0. The van der Waals surface area contributed by atoms with E-state index in [4.69, 9.17) is 4.74 Å². The molecule has 3 rings (SSSR count). The zero-order chi connectivity index (χ0) is 22.4. The van der Waals surface area contributed by atoms with Crippen LogP contribution in [-0.4, -0.2) is 18.1 Å². The second-order valence-electron chi connectivity index (χ2n) is 8.30. The number of esters is 1. The van der Waals surface area contributed by atoms with Crippen molar-refractivity contribution in [2.75, 3.05) is 0 Å². The van der Waals surface area contributed by atoms with Crippen molar-refractivity contribution in [1.82, 2.24) is 5.43 Å². The van der Waals surface area contributed by atoms with Crippen molar-refractivity contribution in [2.24, 2.45) is 5.10 Å². The number of carbonyl (C=O) groups excluding carboxylic acids is 2. The highest BCUT2D eigenvalue weighted by atomic mass is 16.5. The largest absolute Gasteiger partial charge is 0.423 e. The Hall–Kier alpha value is -3.73. The van der Waals surface area contributed by atoms with Crippen LogP contribution in [0.5, 0.6) is 5.75 Å². The smallest absolute Gasteiger partial charge is 0.343 e. The second kappa shape index (κ2) is 9.39. The Balaban J connectivity index is 1.56. The standard InChI is InChI=1S/C26H26N2O3/c1-18-7-5-6-8-23(18)25(30)31-22-15-9-19(10-16-22)17-27-28-24(29)20-11-13-21(14-12-20)26(2,3)4/h5-17H,1-4H3,(H,28,29)/b27-17+. The Morgan fingerprint density at radius 3 is 2.16 bits per heavy atom. The fourth-order valence-electron chi connectivity index (χ4n) is 2.94.